The van der Waals surface area contributed by atoms with Crippen LogP contribution in [0.25, 0.3) is 10.9 Å². The van der Waals surface area contributed by atoms with E-state index in [4.69, 9.17) is 0 Å². The van der Waals surface area contributed by atoms with Crippen molar-refractivity contribution in [1.29, 1.82) is 0 Å². The summed E-state index contributed by atoms with van der Waals surface area (Å²) in [4.78, 5) is 14.0. The molecule has 1 aliphatic rings. The summed E-state index contributed by atoms with van der Waals surface area (Å²) in [6, 6.07) is 8.06. The van der Waals surface area contributed by atoms with E-state index in [-0.39, 0.29) is 6.03 Å². The van der Waals surface area contributed by atoms with Crippen molar-refractivity contribution in [3.05, 3.63) is 30.5 Å². The minimum atomic E-state index is -0.0159. The molecule has 1 saturated heterocycles. The molecule has 100 valence electrons. The zero-order valence-electron chi connectivity index (χ0n) is 11.0. The van der Waals surface area contributed by atoms with Crippen molar-refractivity contribution in [2.45, 2.75) is 0 Å². The van der Waals surface area contributed by atoms with E-state index >= 15 is 0 Å². The molecule has 0 atom stereocenters. The van der Waals surface area contributed by atoms with E-state index in [0.29, 0.717) is 0 Å². The zero-order chi connectivity index (χ0) is 13.2. The molecule has 0 aliphatic carbocycles. The minimum Gasteiger partial charge on any atom is -0.348 e. The van der Waals surface area contributed by atoms with Gasteiger partial charge in [0.2, 0.25) is 0 Å². The fourth-order valence-electron chi connectivity index (χ4n) is 2.50. The molecule has 5 heteroatoms. The van der Waals surface area contributed by atoms with Crippen LogP contribution in [0.1, 0.15) is 0 Å². The Balaban J connectivity index is 1.83. The summed E-state index contributed by atoms with van der Waals surface area (Å²) < 4.78 is 2.03. The van der Waals surface area contributed by atoms with Crippen LogP contribution in [0, 0.1) is 0 Å². The Kier molecular flexibility index (Phi) is 3.13. The average Bonchev–Trinajstić information content (AvgIpc) is 2.77. The summed E-state index contributed by atoms with van der Waals surface area (Å²) in [5, 5.41) is 7.33. The van der Waals surface area contributed by atoms with Gasteiger partial charge in [-0.2, -0.15) is 0 Å². The quantitative estimate of drug-likeness (QED) is 0.816. The molecule has 19 heavy (non-hydrogen) atoms. The monoisotopic (exact) mass is 258 g/mol. The Bertz CT molecular complexity index is 599. The zero-order valence-corrected chi connectivity index (χ0v) is 11.0. The number of hydrogen-bond donors (Lipinski definition) is 2. The van der Waals surface area contributed by atoms with Crippen LogP contribution in [0.3, 0.4) is 0 Å². The smallest absolute Gasteiger partial charge is 0.321 e. The maximum absolute atomic E-state index is 12.2. The molecule has 0 saturated carbocycles. The summed E-state index contributed by atoms with van der Waals surface area (Å²) in [5.74, 6) is 0. The number of aryl methyl sites for hydroxylation is 1. The van der Waals surface area contributed by atoms with Gasteiger partial charge < -0.3 is 20.1 Å². The van der Waals surface area contributed by atoms with E-state index in [2.05, 4.69) is 16.7 Å². The minimum absolute atomic E-state index is 0.0159. The summed E-state index contributed by atoms with van der Waals surface area (Å²) in [6.45, 7) is 3.25. The fraction of sp³-hybridized carbons (Fsp3) is 0.357. The predicted octanol–water partition coefficient (Wildman–Crippen LogP) is 1.62. The van der Waals surface area contributed by atoms with Crippen LogP contribution in [0.15, 0.2) is 30.5 Å². The lowest BCUT2D eigenvalue weighted by atomic mass is 10.2. The topological polar surface area (TPSA) is 49.3 Å². The Labute approximate surface area is 112 Å². The first-order valence-electron chi connectivity index (χ1n) is 6.56. The lowest BCUT2D eigenvalue weighted by Gasteiger charge is -2.27. The van der Waals surface area contributed by atoms with Crippen molar-refractivity contribution in [1.82, 2.24) is 14.8 Å². The number of anilines is 1. The fourth-order valence-corrected chi connectivity index (χ4v) is 2.50. The lowest BCUT2D eigenvalue weighted by Crippen LogP contribution is -2.48. The largest absolute Gasteiger partial charge is 0.348 e. The molecule has 0 spiro atoms. The molecule has 2 N–H and O–H groups in total. The van der Waals surface area contributed by atoms with E-state index in [1.807, 2.05) is 40.9 Å². The number of para-hydroxylation sites is 1. The number of rotatable bonds is 1. The first kappa shape index (κ1) is 12.0. The van der Waals surface area contributed by atoms with Crippen LogP contribution in [0.2, 0.25) is 0 Å². The Morgan fingerprint density at radius 3 is 2.79 bits per heavy atom. The Morgan fingerprint density at radius 1 is 1.26 bits per heavy atom. The van der Waals surface area contributed by atoms with Crippen LogP contribution in [-0.4, -0.2) is 41.7 Å². The van der Waals surface area contributed by atoms with Crippen molar-refractivity contribution >= 4 is 22.6 Å². The van der Waals surface area contributed by atoms with Gasteiger partial charge in [-0.25, -0.2) is 4.79 Å². The summed E-state index contributed by atoms with van der Waals surface area (Å²) in [6.07, 6.45) is 1.96. The highest BCUT2D eigenvalue weighted by Gasteiger charge is 2.17. The van der Waals surface area contributed by atoms with Gasteiger partial charge in [0.1, 0.15) is 0 Å². The van der Waals surface area contributed by atoms with Crippen LogP contribution in [0.4, 0.5) is 10.5 Å². The molecule has 1 aliphatic heterocycles. The average molecular weight is 258 g/mol. The van der Waals surface area contributed by atoms with E-state index in [1.165, 1.54) is 0 Å². The molecule has 1 aromatic carbocycles. The summed E-state index contributed by atoms with van der Waals surface area (Å²) in [5.41, 5.74) is 2.00. The highest BCUT2D eigenvalue weighted by molar-refractivity contribution is 6.01. The molecule has 5 nitrogen and oxygen atoms in total. The number of fused-ring (bicyclic) bond motifs is 1. The van der Waals surface area contributed by atoms with Crippen molar-refractivity contribution in [3.8, 4) is 0 Å². The van der Waals surface area contributed by atoms with Gasteiger partial charge >= 0.3 is 6.03 Å². The van der Waals surface area contributed by atoms with Gasteiger partial charge in [-0.05, 0) is 6.07 Å². The Hall–Kier alpha value is -2.01. The highest BCUT2D eigenvalue weighted by Crippen LogP contribution is 2.25. The van der Waals surface area contributed by atoms with E-state index < -0.39 is 0 Å². The standard InChI is InChI=1S/C14H18N4O/c1-17-10-12(11-4-2-3-5-13(11)17)16-14(19)18-8-6-15-7-9-18/h2-5,10,15H,6-9H2,1H3,(H,16,19). The van der Waals surface area contributed by atoms with Gasteiger partial charge in [-0.1, -0.05) is 18.2 Å². The predicted molar refractivity (Wildman–Crippen MR) is 76.4 cm³/mol. The second-order valence-corrected chi connectivity index (χ2v) is 4.84. The number of nitrogens with zero attached hydrogens (tertiary/aromatic N) is 2. The first-order valence-corrected chi connectivity index (χ1v) is 6.56. The number of carbonyl (C=O) groups is 1. The molecule has 2 amide bonds. The van der Waals surface area contributed by atoms with Crippen LogP contribution in [-0.2, 0) is 7.05 Å². The van der Waals surface area contributed by atoms with Gasteiger partial charge in [-0.15, -0.1) is 0 Å². The van der Waals surface area contributed by atoms with Crippen LogP contribution in [0.5, 0.6) is 0 Å². The van der Waals surface area contributed by atoms with Crippen molar-refractivity contribution < 1.29 is 4.79 Å². The Morgan fingerprint density at radius 2 is 2.00 bits per heavy atom. The second-order valence-electron chi connectivity index (χ2n) is 4.84. The first-order chi connectivity index (χ1) is 9.25. The molecule has 1 fully saturated rings. The third-order valence-corrected chi connectivity index (χ3v) is 3.54. The normalized spacial score (nSPS) is 15.7. The SMILES string of the molecule is Cn1cc(NC(=O)N2CCNCC2)c2ccccc21. The molecular weight excluding hydrogens is 240 g/mol. The van der Waals surface area contributed by atoms with Crippen molar-refractivity contribution in [3.63, 3.8) is 0 Å². The van der Waals surface area contributed by atoms with E-state index in [0.717, 1.165) is 42.8 Å². The number of hydrogen-bond acceptors (Lipinski definition) is 2. The second kappa shape index (κ2) is 4.93. The number of urea groups is 1. The van der Waals surface area contributed by atoms with E-state index in [1.54, 1.807) is 0 Å². The molecule has 1 aromatic heterocycles. The number of aromatic nitrogens is 1. The molecule has 3 rings (SSSR count). The maximum Gasteiger partial charge on any atom is 0.321 e. The molecule has 0 unspecified atom stereocenters. The maximum atomic E-state index is 12.2. The summed E-state index contributed by atoms with van der Waals surface area (Å²) >= 11 is 0. The number of nitrogens with one attached hydrogen (secondary N) is 2. The van der Waals surface area contributed by atoms with Gasteiger partial charge in [0.25, 0.3) is 0 Å². The number of piperazine rings is 1. The van der Waals surface area contributed by atoms with Crippen molar-refractivity contribution in [2.24, 2.45) is 7.05 Å². The van der Waals surface area contributed by atoms with Gasteiger partial charge in [0, 0.05) is 50.3 Å². The lowest BCUT2D eigenvalue weighted by molar-refractivity contribution is 0.204. The van der Waals surface area contributed by atoms with Crippen LogP contribution < -0.4 is 10.6 Å². The molecular formula is C14H18N4O. The third-order valence-electron chi connectivity index (χ3n) is 3.54. The van der Waals surface area contributed by atoms with Gasteiger partial charge in [-0.3, -0.25) is 0 Å². The van der Waals surface area contributed by atoms with Gasteiger partial charge in [0.05, 0.1) is 5.69 Å². The highest BCUT2D eigenvalue weighted by atomic mass is 16.2. The van der Waals surface area contributed by atoms with Gasteiger partial charge in [0.15, 0.2) is 0 Å². The van der Waals surface area contributed by atoms with E-state index in [9.17, 15) is 4.79 Å². The molecule has 0 bridgehead atoms. The summed E-state index contributed by atoms with van der Waals surface area (Å²) in [7, 11) is 1.99. The number of benzene rings is 1. The number of amides is 2. The molecule has 0 radical (unpaired) electrons. The van der Waals surface area contributed by atoms with Crippen LogP contribution >= 0.6 is 0 Å². The molecule has 2 aromatic rings. The number of carbonyl (C=O) groups excluding carboxylic acids is 1. The molecule has 2 heterocycles. The third kappa shape index (κ3) is 2.29. The van der Waals surface area contributed by atoms with Crippen molar-refractivity contribution in [2.75, 3.05) is 31.5 Å².